The quantitative estimate of drug-likeness (QED) is 0.565. The molecular weight excluding hydrogens is 418 g/mol. The number of allylic oxidation sites excluding steroid dienone is 2. The van der Waals surface area contributed by atoms with Gasteiger partial charge in [-0.2, -0.15) is 0 Å². The Balaban J connectivity index is 1.58. The minimum atomic E-state index is -0.505. The first-order valence-corrected chi connectivity index (χ1v) is 12.2. The van der Waals surface area contributed by atoms with Crippen molar-refractivity contribution in [3.8, 4) is 11.5 Å². The van der Waals surface area contributed by atoms with Crippen LogP contribution in [0.4, 0.5) is 4.79 Å². The summed E-state index contributed by atoms with van der Waals surface area (Å²) in [7, 11) is 0. The molecule has 3 heterocycles. The van der Waals surface area contributed by atoms with E-state index in [0.717, 1.165) is 37.0 Å². The number of likely N-dealkylation sites (tertiary alicyclic amines) is 1. The molecule has 0 aromatic heterocycles. The molecule has 6 heteroatoms. The highest BCUT2D eigenvalue weighted by Crippen LogP contribution is 2.54. The highest BCUT2D eigenvalue weighted by atomic mass is 16.6. The normalized spacial score (nSPS) is 30.9. The Morgan fingerprint density at radius 3 is 2.79 bits per heavy atom. The predicted molar refractivity (Wildman–Crippen MR) is 127 cm³/mol. The van der Waals surface area contributed by atoms with Crippen LogP contribution in [0.25, 0.3) is 0 Å². The lowest BCUT2D eigenvalue weighted by atomic mass is 9.68. The zero-order valence-corrected chi connectivity index (χ0v) is 20.9. The number of hydrogen-bond acceptors (Lipinski definition) is 5. The first kappa shape index (κ1) is 23.9. The fourth-order valence-electron chi connectivity index (χ4n) is 5.56. The first-order valence-electron chi connectivity index (χ1n) is 12.2. The van der Waals surface area contributed by atoms with Gasteiger partial charge in [0.25, 0.3) is 0 Å². The van der Waals surface area contributed by atoms with Gasteiger partial charge in [0.15, 0.2) is 0 Å². The molecule has 1 N–H and O–H groups in total. The van der Waals surface area contributed by atoms with Gasteiger partial charge in [0.05, 0.1) is 12.2 Å². The van der Waals surface area contributed by atoms with Crippen molar-refractivity contribution in [2.75, 3.05) is 13.1 Å². The average Bonchev–Trinajstić information content (AvgIpc) is 2.71. The molecule has 0 bridgehead atoms. The molecule has 4 rings (SSSR count). The van der Waals surface area contributed by atoms with E-state index in [2.05, 4.69) is 26.8 Å². The van der Waals surface area contributed by atoms with Crippen LogP contribution in [-0.2, 0) is 9.47 Å². The zero-order valence-electron chi connectivity index (χ0n) is 20.9. The van der Waals surface area contributed by atoms with Crippen LogP contribution in [0.2, 0.25) is 0 Å². The van der Waals surface area contributed by atoms with Crippen LogP contribution < -0.4 is 4.74 Å². The van der Waals surface area contributed by atoms with Gasteiger partial charge in [-0.3, -0.25) is 0 Å². The number of fused-ring (bicyclic) bond motifs is 4. The maximum Gasteiger partial charge on any atom is 0.410 e. The molecule has 33 heavy (non-hydrogen) atoms. The van der Waals surface area contributed by atoms with E-state index in [1.807, 2.05) is 31.7 Å². The maximum atomic E-state index is 12.7. The van der Waals surface area contributed by atoms with Gasteiger partial charge in [-0.1, -0.05) is 11.6 Å². The number of rotatable bonds is 3. The van der Waals surface area contributed by atoms with Crippen molar-refractivity contribution in [3.63, 3.8) is 0 Å². The fraction of sp³-hybridized carbons (Fsp3) is 0.667. The van der Waals surface area contributed by atoms with Gasteiger partial charge in [0.1, 0.15) is 22.7 Å². The highest BCUT2D eigenvalue weighted by molar-refractivity contribution is 5.68. The molecule has 1 aromatic rings. The standard InChI is InChI=1S/C27H39NO5/c1-17(2)8-7-12-27(6)21-14-18-16-28(25(30)33-26(3,4)5)13-11-22(18)31-24(21)20-15-19(29)9-10-23(20)32-27/h8-10,15,18,21-22,24,29H,7,11-14,16H2,1-6H3/t18-,21-,22-,24+,27+/m0/s1. The number of phenols is 1. The van der Waals surface area contributed by atoms with E-state index in [-0.39, 0.29) is 41.5 Å². The molecule has 0 radical (unpaired) electrons. The van der Waals surface area contributed by atoms with E-state index < -0.39 is 5.60 Å². The van der Waals surface area contributed by atoms with Gasteiger partial charge < -0.3 is 24.2 Å². The number of hydrogen-bond donors (Lipinski definition) is 1. The van der Waals surface area contributed by atoms with Crippen molar-refractivity contribution in [3.05, 3.63) is 35.4 Å². The van der Waals surface area contributed by atoms with Crippen LogP contribution in [0, 0.1) is 11.8 Å². The van der Waals surface area contributed by atoms with Crippen LogP contribution in [0.15, 0.2) is 29.8 Å². The largest absolute Gasteiger partial charge is 0.508 e. The fourth-order valence-corrected chi connectivity index (χ4v) is 5.56. The summed E-state index contributed by atoms with van der Waals surface area (Å²) in [5.74, 6) is 1.41. The molecule has 0 saturated carbocycles. The van der Waals surface area contributed by atoms with Crippen LogP contribution in [0.3, 0.4) is 0 Å². The second-order valence-electron chi connectivity index (χ2n) is 11.4. The van der Waals surface area contributed by atoms with E-state index in [0.29, 0.717) is 13.1 Å². The zero-order chi connectivity index (χ0) is 24.0. The summed E-state index contributed by atoms with van der Waals surface area (Å²) in [6.45, 7) is 13.4. The van der Waals surface area contributed by atoms with Gasteiger partial charge in [0, 0.05) is 30.5 Å². The minimum absolute atomic E-state index is 0.0836. The molecule has 182 valence electrons. The van der Waals surface area contributed by atoms with Crippen molar-refractivity contribution in [2.45, 2.75) is 90.6 Å². The van der Waals surface area contributed by atoms with E-state index in [1.54, 1.807) is 12.1 Å². The summed E-state index contributed by atoms with van der Waals surface area (Å²) in [6.07, 6.45) is 5.50. The van der Waals surface area contributed by atoms with Crippen molar-refractivity contribution in [1.82, 2.24) is 4.90 Å². The number of ether oxygens (including phenoxy) is 3. The molecule has 0 aliphatic carbocycles. The van der Waals surface area contributed by atoms with Gasteiger partial charge in [-0.05, 0) is 85.4 Å². The minimum Gasteiger partial charge on any atom is -0.508 e. The number of carbonyl (C=O) groups is 1. The molecular formula is C27H39NO5. The Hall–Kier alpha value is -2.21. The Labute approximate surface area is 197 Å². The third-order valence-corrected chi connectivity index (χ3v) is 7.18. The van der Waals surface area contributed by atoms with E-state index in [9.17, 15) is 9.90 Å². The topological polar surface area (TPSA) is 68.2 Å². The summed E-state index contributed by atoms with van der Waals surface area (Å²) in [6, 6.07) is 5.33. The van der Waals surface area contributed by atoms with Crippen molar-refractivity contribution in [1.29, 1.82) is 0 Å². The highest BCUT2D eigenvalue weighted by Gasteiger charge is 2.53. The third kappa shape index (κ3) is 5.16. The first-order chi connectivity index (χ1) is 15.4. The number of nitrogens with zero attached hydrogens (tertiary/aromatic N) is 1. The summed E-state index contributed by atoms with van der Waals surface area (Å²) < 4.78 is 19.0. The molecule has 3 aliphatic rings. The maximum absolute atomic E-state index is 12.7. The summed E-state index contributed by atoms with van der Waals surface area (Å²) in [5.41, 5.74) is 1.35. The van der Waals surface area contributed by atoms with Crippen molar-refractivity contribution < 1.29 is 24.1 Å². The summed E-state index contributed by atoms with van der Waals surface area (Å²) >= 11 is 0. The van der Waals surface area contributed by atoms with Crippen LogP contribution in [0.5, 0.6) is 11.5 Å². The molecule has 1 amide bonds. The molecule has 5 atom stereocenters. The van der Waals surface area contributed by atoms with Crippen molar-refractivity contribution in [2.24, 2.45) is 11.8 Å². The Morgan fingerprint density at radius 1 is 1.33 bits per heavy atom. The van der Waals surface area contributed by atoms with Crippen LogP contribution in [-0.4, -0.2) is 46.5 Å². The molecule has 2 fully saturated rings. The lowest BCUT2D eigenvalue weighted by Gasteiger charge is -2.54. The summed E-state index contributed by atoms with van der Waals surface area (Å²) in [5, 5.41) is 10.2. The van der Waals surface area contributed by atoms with Gasteiger partial charge >= 0.3 is 6.09 Å². The lowest BCUT2D eigenvalue weighted by molar-refractivity contribution is -0.191. The monoisotopic (exact) mass is 457 g/mol. The van der Waals surface area contributed by atoms with Crippen LogP contribution in [0.1, 0.15) is 78.9 Å². The lowest BCUT2D eigenvalue weighted by Crippen LogP contribution is -2.57. The molecule has 1 aromatic carbocycles. The smallest absolute Gasteiger partial charge is 0.410 e. The van der Waals surface area contributed by atoms with Gasteiger partial charge in [-0.25, -0.2) is 4.79 Å². The number of piperidine rings is 1. The number of amides is 1. The number of phenolic OH excluding ortho intramolecular Hbond substituents is 1. The molecule has 3 aliphatic heterocycles. The van der Waals surface area contributed by atoms with E-state index in [1.165, 1.54) is 5.57 Å². The molecule has 0 spiro atoms. The van der Waals surface area contributed by atoms with Gasteiger partial charge in [0.2, 0.25) is 0 Å². The second-order valence-corrected chi connectivity index (χ2v) is 11.4. The average molecular weight is 458 g/mol. The Morgan fingerprint density at radius 2 is 2.09 bits per heavy atom. The molecule has 0 unspecified atom stereocenters. The summed E-state index contributed by atoms with van der Waals surface area (Å²) in [4.78, 5) is 14.5. The van der Waals surface area contributed by atoms with Crippen LogP contribution >= 0.6 is 0 Å². The Kier molecular flexibility index (Phi) is 6.43. The molecule has 6 nitrogen and oxygen atoms in total. The Bertz CT molecular complexity index is 916. The predicted octanol–water partition coefficient (Wildman–Crippen LogP) is 5.99. The second kappa shape index (κ2) is 8.86. The third-order valence-electron chi connectivity index (χ3n) is 7.18. The van der Waals surface area contributed by atoms with Crippen molar-refractivity contribution >= 4 is 6.09 Å². The van der Waals surface area contributed by atoms with Gasteiger partial charge in [-0.15, -0.1) is 0 Å². The molecule has 2 saturated heterocycles. The number of carbonyl (C=O) groups excluding carboxylic acids is 1. The number of aromatic hydroxyl groups is 1. The number of benzene rings is 1. The van der Waals surface area contributed by atoms with E-state index >= 15 is 0 Å². The SMILES string of the molecule is CC(C)=CCC[C@@]1(C)Oc2ccc(O)cc2[C@H]2O[C@H]3CCN(C(=O)OC(C)(C)C)C[C@@H]3C[C@@H]21. The van der Waals surface area contributed by atoms with E-state index in [4.69, 9.17) is 14.2 Å².